The number of aliphatic hydroxyl groups is 4. The van der Waals surface area contributed by atoms with E-state index in [1.165, 1.54) is 6.92 Å². The molecule has 0 aromatic heterocycles. The number of hydrogen-bond donors (Lipinski definition) is 4. The second kappa shape index (κ2) is 10.7. The molecule has 16 atom stereocenters. The normalized spacial score (nSPS) is 53.9. The molecule has 0 aromatic carbocycles. The van der Waals surface area contributed by atoms with Crippen molar-refractivity contribution in [3.63, 3.8) is 0 Å². The molecule has 10 nitrogen and oxygen atoms in total. The third-order valence-corrected chi connectivity index (χ3v) is 15.6. The van der Waals surface area contributed by atoms with E-state index in [0.717, 1.165) is 44.9 Å². The number of rotatable bonds is 5. The van der Waals surface area contributed by atoms with Crippen molar-refractivity contribution in [1.82, 2.24) is 0 Å². The van der Waals surface area contributed by atoms with Gasteiger partial charge in [0.2, 0.25) is 0 Å². The Morgan fingerprint density at radius 1 is 0.979 bits per heavy atom. The van der Waals surface area contributed by atoms with Gasteiger partial charge in [0.15, 0.2) is 18.2 Å². The van der Waals surface area contributed by atoms with Gasteiger partial charge in [0.25, 0.3) is 0 Å². The van der Waals surface area contributed by atoms with Gasteiger partial charge in [0, 0.05) is 18.3 Å². The van der Waals surface area contributed by atoms with E-state index in [-0.39, 0.29) is 57.9 Å². The molecule has 7 rings (SSSR count). The Hall–Kier alpha value is -1.14. The molecular weight excluding hydrogens is 604 g/mol. The fourth-order valence-electron chi connectivity index (χ4n) is 13.4. The lowest BCUT2D eigenvalue weighted by atomic mass is 9.41. The van der Waals surface area contributed by atoms with Crippen LogP contribution in [0.3, 0.4) is 0 Å². The van der Waals surface area contributed by atoms with Crippen LogP contribution in [-0.2, 0) is 28.5 Å². The molecule has 3 unspecified atom stereocenters. The summed E-state index contributed by atoms with van der Waals surface area (Å²) in [6.45, 7) is 15.9. The first-order valence-corrected chi connectivity index (χ1v) is 18.2. The SMILES string of the molecule is CC(=O)O[C@@H]([C@H]1C[C@@H](C)C2C(O1)C(=O)[C@@]1(C)[C@@H]3CC[C@H]4C(C)(C)[C@@H](OC5OC[C@@H](O)[C@H](O)[C@H]5O)CC[C@@]45C[C@@]35CC[C@]21C)C(C)(C)O. The number of aliphatic hydroxyl groups excluding tert-OH is 3. The van der Waals surface area contributed by atoms with Crippen LogP contribution in [0.4, 0.5) is 0 Å². The minimum atomic E-state index is -1.31. The summed E-state index contributed by atoms with van der Waals surface area (Å²) in [6, 6.07) is 0. The molecule has 2 aliphatic heterocycles. The Morgan fingerprint density at radius 2 is 1.64 bits per heavy atom. The fraction of sp³-hybridized carbons (Fsp3) is 0.946. The topological polar surface area (TPSA) is 152 Å². The number of ketones is 1. The van der Waals surface area contributed by atoms with Crippen molar-refractivity contribution in [3.05, 3.63) is 0 Å². The molecule has 0 amide bonds. The highest BCUT2D eigenvalue weighted by Crippen LogP contribution is 2.89. The Morgan fingerprint density at radius 3 is 2.30 bits per heavy atom. The Bertz CT molecular complexity index is 1290. The molecule has 2 spiro atoms. The summed E-state index contributed by atoms with van der Waals surface area (Å²) >= 11 is 0. The maximum Gasteiger partial charge on any atom is 0.303 e. The van der Waals surface area contributed by atoms with Crippen LogP contribution in [0.25, 0.3) is 0 Å². The molecule has 2 heterocycles. The summed E-state index contributed by atoms with van der Waals surface area (Å²) in [5, 5.41) is 41.8. The average Bonchev–Trinajstić information content (AvgIpc) is 3.61. The third-order valence-electron chi connectivity index (χ3n) is 15.6. The minimum absolute atomic E-state index is 0.0668. The van der Waals surface area contributed by atoms with Crippen molar-refractivity contribution in [2.24, 2.45) is 50.7 Å². The molecule has 7 fully saturated rings. The van der Waals surface area contributed by atoms with Crippen LogP contribution in [0.2, 0.25) is 0 Å². The first-order chi connectivity index (χ1) is 21.8. The van der Waals surface area contributed by atoms with E-state index in [0.29, 0.717) is 12.3 Å². The number of hydrogen-bond acceptors (Lipinski definition) is 10. The Kier molecular flexibility index (Phi) is 7.80. The van der Waals surface area contributed by atoms with Crippen LogP contribution < -0.4 is 0 Å². The van der Waals surface area contributed by atoms with E-state index in [1.807, 2.05) is 0 Å². The highest BCUT2D eigenvalue weighted by molar-refractivity contribution is 5.93. The molecule has 47 heavy (non-hydrogen) atoms. The summed E-state index contributed by atoms with van der Waals surface area (Å²) < 4.78 is 24.4. The van der Waals surface area contributed by atoms with Crippen LogP contribution in [0.5, 0.6) is 0 Å². The number of esters is 1. The average molecular weight is 663 g/mol. The molecular formula is C37H58O10. The van der Waals surface area contributed by atoms with E-state index in [4.69, 9.17) is 18.9 Å². The summed E-state index contributed by atoms with van der Waals surface area (Å²) in [6.07, 6.45) is 0.691. The molecule has 10 heteroatoms. The zero-order valence-electron chi connectivity index (χ0n) is 29.5. The van der Waals surface area contributed by atoms with Crippen LogP contribution >= 0.6 is 0 Å². The number of carbonyl (C=O) groups is 2. The quantitative estimate of drug-likeness (QED) is 0.254. The van der Waals surface area contributed by atoms with Crippen molar-refractivity contribution in [2.45, 2.75) is 161 Å². The Balaban J connectivity index is 1.15. The van der Waals surface area contributed by atoms with Gasteiger partial charge in [-0.15, -0.1) is 0 Å². The zero-order valence-corrected chi connectivity index (χ0v) is 29.5. The molecule has 266 valence electrons. The van der Waals surface area contributed by atoms with Crippen LogP contribution in [0.15, 0.2) is 0 Å². The van der Waals surface area contributed by atoms with Crippen molar-refractivity contribution in [2.75, 3.05) is 6.61 Å². The predicted molar refractivity (Wildman–Crippen MR) is 170 cm³/mol. The van der Waals surface area contributed by atoms with Gasteiger partial charge in [-0.25, -0.2) is 0 Å². The third kappa shape index (κ3) is 4.46. The van der Waals surface area contributed by atoms with Crippen molar-refractivity contribution < 1.29 is 49.0 Å². The van der Waals surface area contributed by atoms with Gasteiger partial charge in [-0.2, -0.15) is 0 Å². The van der Waals surface area contributed by atoms with E-state index in [2.05, 4.69) is 34.6 Å². The van der Waals surface area contributed by atoms with Gasteiger partial charge >= 0.3 is 5.97 Å². The molecule has 5 saturated carbocycles. The van der Waals surface area contributed by atoms with E-state index < -0.39 is 59.9 Å². The van der Waals surface area contributed by atoms with Gasteiger partial charge < -0.3 is 39.4 Å². The molecule has 0 bridgehead atoms. The number of Topliss-reactive ketones (excluding diaryl/α,β-unsaturated/α-hetero) is 1. The van der Waals surface area contributed by atoms with E-state index in [9.17, 15) is 30.0 Å². The van der Waals surface area contributed by atoms with E-state index in [1.54, 1.807) is 13.8 Å². The van der Waals surface area contributed by atoms with Gasteiger partial charge in [-0.3, -0.25) is 9.59 Å². The lowest BCUT2D eigenvalue weighted by Gasteiger charge is -2.62. The highest BCUT2D eigenvalue weighted by atomic mass is 16.7. The van der Waals surface area contributed by atoms with Crippen molar-refractivity contribution in [3.8, 4) is 0 Å². The van der Waals surface area contributed by atoms with Gasteiger partial charge in [0.05, 0.1) is 24.4 Å². The van der Waals surface area contributed by atoms with Crippen molar-refractivity contribution >= 4 is 11.8 Å². The molecule has 0 radical (unpaired) electrons. The number of fused-ring (bicyclic) bond motifs is 4. The lowest BCUT2D eigenvalue weighted by Crippen LogP contribution is -2.60. The van der Waals surface area contributed by atoms with Crippen LogP contribution in [0.1, 0.15) is 107 Å². The fourth-order valence-corrected chi connectivity index (χ4v) is 13.4. The molecule has 0 aromatic rings. The molecule has 5 aliphatic carbocycles. The standard InChI is InChI=1S/C37H58O10/c1-18-15-21(30(33(5,6)43)45-19(2)38)46-28-25(18)34(7)13-14-37-17-36(37)12-11-24(47-31-27(41)26(40)20(39)16-44-31)32(3,4)22(36)9-10-23(37)35(34,8)29(28)42/h18,20-28,30-31,39-41,43H,9-17H2,1-8H3/t18-,20-,21-,22+,23+,24+,25?,26+,27-,28?,30+,31?,34-,35-,36-,37+/m1/s1. The molecule has 7 aliphatic rings. The van der Waals surface area contributed by atoms with Crippen LogP contribution in [-0.4, -0.2) is 93.4 Å². The minimum Gasteiger partial charge on any atom is -0.457 e. The van der Waals surface area contributed by atoms with Gasteiger partial charge in [-0.05, 0) is 105 Å². The largest absolute Gasteiger partial charge is 0.457 e. The maximum absolute atomic E-state index is 15.0. The summed E-state index contributed by atoms with van der Waals surface area (Å²) in [5.41, 5.74) is -2.06. The highest BCUT2D eigenvalue weighted by Gasteiger charge is 2.85. The second-order valence-corrected chi connectivity index (χ2v) is 18.4. The van der Waals surface area contributed by atoms with Crippen LogP contribution in [0, 0.1) is 50.7 Å². The van der Waals surface area contributed by atoms with Gasteiger partial charge in [-0.1, -0.05) is 34.6 Å². The summed E-state index contributed by atoms with van der Waals surface area (Å²) in [7, 11) is 0. The first kappa shape index (κ1) is 34.3. The number of ether oxygens (including phenoxy) is 4. The Labute approximate surface area is 279 Å². The first-order valence-electron chi connectivity index (χ1n) is 18.2. The summed E-state index contributed by atoms with van der Waals surface area (Å²) in [4.78, 5) is 27.0. The summed E-state index contributed by atoms with van der Waals surface area (Å²) in [5.74, 6) is 0.603. The molecule has 2 saturated heterocycles. The lowest BCUT2D eigenvalue weighted by molar-refractivity contribution is -0.302. The predicted octanol–water partition coefficient (Wildman–Crippen LogP) is 3.53. The smallest absolute Gasteiger partial charge is 0.303 e. The maximum atomic E-state index is 15.0. The molecule has 4 N–H and O–H groups in total. The number of carbonyl (C=O) groups excluding carboxylic acids is 2. The monoisotopic (exact) mass is 662 g/mol. The van der Waals surface area contributed by atoms with Crippen molar-refractivity contribution in [1.29, 1.82) is 0 Å². The second-order valence-electron chi connectivity index (χ2n) is 18.4. The zero-order chi connectivity index (χ0) is 34.3. The van der Waals surface area contributed by atoms with Gasteiger partial charge in [0.1, 0.15) is 24.4 Å². The van der Waals surface area contributed by atoms with E-state index >= 15 is 0 Å².